The van der Waals surface area contributed by atoms with Gasteiger partial charge in [0.1, 0.15) is 0 Å². The summed E-state index contributed by atoms with van der Waals surface area (Å²) in [5, 5.41) is 15.8. The molecule has 2 aromatic carbocycles. The molecule has 1 amide bonds. The third kappa shape index (κ3) is 4.62. The highest BCUT2D eigenvalue weighted by atomic mass is 35.5. The number of phenols is 1. The number of phenolic OH excluding ortho intramolecular Hbond substituents is 1. The predicted molar refractivity (Wildman–Crippen MR) is 98.3 cm³/mol. The second kappa shape index (κ2) is 7.55. The van der Waals surface area contributed by atoms with Crippen LogP contribution in [0, 0.1) is 0 Å². The maximum absolute atomic E-state index is 12.1. The highest BCUT2D eigenvalue weighted by molar-refractivity contribution is 7.80. The highest BCUT2D eigenvalue weighted by Crippen LogP contribution is 2.34. The molecule has 0 atom stereocenters. The Morgan fingerprint density at radius 3 is 2.30 bits per heavy atom. The lowest BCUT2D eigenvalue weighted by atomic mass is 10.2. The molecule has 9 heteroatoms. The van der Waals surface area contributed by atoms with E-state index in [0.717, 1.165) is 0 Å². The van der Waals surface area contributed by atoms with E-state index in [1.54, 1.807) is 0 Å². The van der Waals surface area contributed by atoms with Crippen LogP contribution in [0.5, 0.6) is 5.75 Å². The topological polar surface area (TPSA) is 61.4 Å². The fraction of sp³-hybridized carbons (Fsp3) is 0. The maximum atomic E-state index is 12.1. The van der Waals surface area contributed by atoms with Crippen LogP contribution in [0.1, 0.15) is 10.4 Å². The minimum atomic E-state index is -0.531. The fourth-order valence-electron chi connectivity index (χ4n) is 1.66. The molecule has 0 bridgehead atoms. The first-order chi connectivity index (χ1) is 10.8. The van der Waals surface area contributed by atoms with Gasteiger partial charge in [0.2, 0.25) is 0 Å². The lowest BCUT2D eigenvalue weighted by Gasteiger charge is -2.12. The number of carbonyl (C=O) groups is 1. The van der Waals surface area contributed by atoms with Crippen molar-refractivity contribution in [3.05, 3.63) is 56.0 Å². The van der Waals surface area contributed by atoms with Gasteiger partial charge < -0.3 is 10.4 Å². The van der Waals surface area contributed by atoms with Gasteiger partial charge in [0.15, 0.2) is 10.9 Å². The fourth-order valence-corrected chi connectivity index (χ4v) is 2.85. The minimum Gasteiger partial charge on any atom is -0.504 e. The van der Waals surface area contributed by atoms with E-state index in [9.17, 15) is 9.90 Å². The number of rotatable bonds is 2. The Morgan fingerprint density at radius 1 is 1.00 bits per heavy atom. The van der Waals surface area contributed by atoms with Gasteiger partial charge in [0, 0.05) is 10.0 Å². The predicted octanol–water partition coefficient (Wildman–Crippen LogP) is 5.13. The van der Waals surface area contributed by atoms with E-state index in [1.165, 1.54) is 30.3 Å². The molecular formula is C14H8Cl4N2O2S. The van der Waals surface area contributed by atoms with Crippen LogP contribution in [-0.2, 0) is 0 Å². The molecule has 0 aliphatic carbocycles. The molecular weight excluding hydrogens is 402 g/mol. The molecule has 0 radical (unpaired) electrons. The van der Waals surface area contributed by atoms with Crippen LogP contribution in [-0.4, -0.2) is 16.1 Å². The Kier molecular flexibility index (Phi) is 5.95. The van der Waals surface area contributed by atoms with Crippen LogP contribution in [0.15, 0.2) is 30.3 Å². The molecule has 2 rings (SSSR count). The average molecular weight is 410 g/mol. The number of thiocarbonyl (C=S) groups is 1. The first kappa shape index (κ1) is 18.1. The van der Waals surface area contributed by atoms with Gasteiger partial charge in [-0.15, -0.1) is 0 Å². The molecule has 2 aromatic rings. The summed E-state index contributed by atoms with van der Waals surface area (Å²) in [5.41, 5.74) is 0.364. The van der Waals surface area contributed by atoms with E-state index in [-0.39, 0.29) is 32.2 Å². The van der Waals surface area contributed by atoms with Gasteiger partial charge in [-0.25, -0.2) is 0 Å². The van der Waals surface area contributed by atoms with E-state index in [4.69, 9.17) is 58.6 Å². The van der Waals surface area contributed by atoms with Gasteiger partial charge in [-0.3, -0.25) is 10.1 Å². The number of hydrogen-bond acceptors (Lipinski definition) is 3. The molecule has 3 N–H and O–H groups in total. The standard InChI is InChI=1S/C14H8Cl4N2O2S/c15-6-1-2-8(9(17)3-6)13(22)20-14(23)19-11-5-7(16)4-10(18)12(11)21/h1-5,21H,(H2,19,20,22,23). The summed E-state index contributed by atoms with van der Waals surface area (Å²) in [6, 6.07) is 7.23. The third-order valence-corrected chi connectivity index (χ3v) is 3.94. The minimum absolute atomic E-state index is 0.0508. The van der Waals surface area contributed by atoms with Gasteiger partial charge in [0.05, 0.1) is 21.3 Å². The zero-order valence-corrected chi connectivity index (χ0v) is 15.0. The van der Waals surface area contributed by atoms with E-state index in [1.807, 2.05) is 0 Å². The molecule has 23 heavy (non-hydrogen) atoms. The summed E-state index contributed by atoms with van der Waals surface area (Å²) in [6.07, 6.45) is 0. The SMILES string of the molecule is O=C(NC(=S)Nc1cc(Cl)cc(Cl)c1O)c1ccc(Cl)cc1Cl. The highest BCUT2D eigenvalue weighted by Gasteiger charge is 2.14. The van der Waals surface area contributed by atoms with Crippen molar-refractivity contribution in [2.45, 2.75) is 0 Å². The van der Waals surface area contributed by atoms with Crippen LogP contribution < -0.4 is 10.6 Å². The molecule has 0 fully saturated rings. The first-order valence-electron chi connectivity index (χ1n) is 6.03. The zero-order valence-electron chi connectivity index (χ0n) is 11.2. The van der Waals surface area contributed by atoms with Gasteiger partial charge in [-0.1, -0.05) is 46.4 Å². The molecule has 0 aliphatic rings. The summed E-state index contributed by atoms with van der Waals surface area (Å²) in [6.45, 7) is 0. The van der Waals surface area contributed by atoms with Crippen LogP contribution in [0.25, 0.3) is 0 Å². The number of carbonyl (C=O) groups excluding carboxylic acids is 1. The normalized spacial score (nSPS) is 10.3. The average Bonchev–Trinajstić information content (AvgIpc) is 2.43. The second-order valence-corrected chi connectivity index (χ2v) is 6.41. The van der Waals surface area contributed by atoms with Gasteiger partial charge in [0.25, 0.3) is 5.91 Å². The van der Waals surface area contributed by atoms with Crippen LogP contribution >= 0.6 is 58.6 Å². The molecule has 0 heterocycles. The molecule has 0 aliphatic heterocycles. The van der Waals surface area contributed by atoms with Crippen LogP contribution in [0.4, 0.5) is 5.69 Å². The van der Waals surface area contributed by atoms with Crippen molar-refractivity contribution in [1.82, 2.24) is 5.32 Å². The Morgan fingerprint density at radius 2 is 1.65 bits per heavy atom. The molecule has 0 saturated heterocycles. The van der Waals surface area contributed by atoms with Gasteiger partial charge >= 0.3 is 0 Å². The Bertz CT molecular complexity index is 799. The van der Waals surface area contributed by atoms with Crippen molar-refractivity contribution in [1.29, 1.82) is 0 Å². The van der Waals surface area contributed by atoms with E-state index >= 15 is 0 Å². The first-order valence-corrected chi connectivity index (χ1v) is 7.95. The van der Waals surface area contributed by atoms with Crippen molar-refractivity contribution in [3.63, 3.8) is 0 Å². The molecule has 4 nitrogen and oxygen atoms in total. The quantitative estimate of drug-likeness (QED) is 0.475. The largest absolute Gasteiger partial charge is 0.504 e. The van der Waals surface area contributed by atoms with E-state index in [2.05, 4.69) is 10.6 Å². The summed E-state index contributed by atoms with van der Waals surface area (Å²) in [4.78, 5) is 12.1. The third-order valence-electron chi connectivity index (χ3n) is 2.68. The van der Waals surface area contributed by atoms with Crippen molar-refractivity contribution >= 4 is 75.3 Å². The Labute approximate surface area is 157 Å². The molecule has 0 aromatic heterocycles. The van der Waals surface area contributed by atoms with E-state index < -0.39 is 5.91 Å². The summed E-state index contributed by atoms with van der Waals surface area (Å²) in [7, 11) is 0. The lowest BCUT2D eigenvalue weighted by Crippen LogP contribution is -2.34. The van der Waals surface area contributed by atoms with Crippen LogP contribution in [0.2, 0.25) is 20.1 Å². The number of halogens is 4. The summed E-state index contributed by atoms with van der Waals surface area (Å²) in [5.74, 6) is -0.769. The maximum Gasteiger partial charge on any atom is 0.258 e. The van der Waals surface area contributed by atoms with Crippen molar-refractivity contribution in [2.24, 2.45) is 0 Å². The number of benzene rings is 2. The molecule has 0 saturated carbocycles. The zero-order chi connectivity index (χ0) is 17.1. The van der Waals surface area contributed by atoms with Crippen molar-refractivity contribution < 1.29 is 9.90 Å². The summed E-state index contributed by atoms with van der Waals surface area (Å²) >= 11 is 28.4. The number of aromatic hydroxyl groups is 1. The Balaban J connectivity index is 2.12. The van der Waals surface area contributed by atoms with Crippen molar-refractivity contribution in [2.75, 3.05) is 5.32 Å². The van der Waals surface area contributed by atoms with Crippen molar-refractivity contribution in [3.8, 4) is 5.75 Å². The molecule has 0 unspecified atom stereocenters. The van der Waals surface area contributed by atoms with Gasteiger partial charge in [-0.2, -0.15) is 0 Å². The summed E-state index contributed by atoms with van der Waals surface area (Å²) < 4.78 is 0. The smallest absolute Gasteiger partial charge is 0.258 e. The van der Waals surface area contributed by atoms with Gasteiger partial charge in [-0.05, 0) is 42.5 Å². The Hall–Kier alpha value is -1.24. The number of nitrogens with one attached hydrogen (secondary N) is 2. The lowest BCUT2D eigenvalue weighted by molar-refractivity contribution is 0.0978. The number of hydrogen-bond donors (Lipinski definition) is 3. The van der Waals surface area contributed by atoms with Crippen LogP contribution in [0.3, 0.4) is 0 Å². The monoisotopic (exact) mass is 408 g/mol. The number of anilines is 1. The molecule has 120 valence electrons. The molecule has 0 spiro atoms. The second-order valence-electron chi connectivity index (χ2n) is 4.32. The number of amides is 1. The van der Waals surface area contributed by atoms with E-state index in [0.29, 0.717) is 10.0 Å².